The van der Waals surface area contributed by atoms with E-state index >= 15 is 0 Å². The molecule has 1 aliphatic rings. The minimum atomic E-state index is -0.293. The summed E-state index contributed by atoms with van der Waals surface area (Å²) in [6, 6.07) is 15.2. The molecule has 1 fully saturated rings. The maximum Gasteiger partial charge on any atom is 0.124 e. The summed E-state index contributed by atoms with van der Waals surface area (Å²) in [5.74, 6) is -0.293. The molecule has 3 aromatic rings. The Hall–Kier alpha value is -1.62. The van der Waals surface area contributed by atoms with Crippen LogP contribution in [0.15, 0.2) is 53.6 Å². The third kappa shape index (κ3) is 4.63. The van der Waals surface area contributed by atoms with Gasteiger partial charge in [0.2, 0.25) is 0 Å². The second kappa shape index (κ2) is 8.59. The Morgan fingerprint density at radius 3 is 2.63 bits per heavy atom. The second-order valence-corrected chi connectivity index (χ2v) is 8.64. The number of halogens is 2. The van der Waals surface area contributed by atoms with E-state index in [1.54, 1.807) is 6.07 Å². The molecule has 0 amide bonds. The number of aromatic nitrogens is 1. The SMILES string of the molecule is Fc1ccc(CCc2cc3ccccc3nc2SC2CCNCC2)c(Cl)c1. The molecule has 140 valence electrons. The highest BCUT2D eigenvalue weighted by molar-refractivity contribution is 7.99. The van der Waals surface area contributed by atoms with Gasteiger partial charge in [0, 0.05) is 15.7 Å². The Bertz CT molecular complexity index is 941. The first-order valence-electron chi connectivity index (χ1n) is 9.39. The minimum absolute atomic E-state index is 0.293. The molecule has 0 radical (unpaired) electrons. The largest absolute Gasteiger partial charge is 0.317 e. The van der Waals surface area contributed by atoms with Gasteiger partial charge in [-0.15, -0.1) is 11.8 Å². The van der Waals surface area contributed by atoms with E-state index in [1.165, 1.54) is 30.5 Å². The average molecular weight is 401 g/mol. The Labute approximate surface area is 168 Å². The summed E-state index contributed by atoms with van der Waals surface area (Å²) in [6.07, 6.45) is 3.96. The number of pyridine rings is 1. The van der Waals surface area contributed by atoms with E-state index in [0.29, 0.717) is 10.3 Å². The fourth-order valence-electron chi connectivity index (χ4n) is 3.49. The lowest BCUT2D eigenvalue weighted by Gasteiger charge is -2.23. The van der Waals surface area contributed by atoms with E-state index in [0.717, 1.165) is 47.4 Å². The second-order valence-electron chi connectivity index (χ2n) is 6.95. The average Bonchev–Trinajstić information content (AvgIpc) is 2.68. The lowest BCUT2D eigenvalue weighted by Crippen LogP contribution is -2.29. The lowest BCUT2D eigenvalue weighted by atomic mass is 10.0. The maximum absolute atomic E-state index is 13.3. The van der Waals surface area contributed by atoms with Crippen LogP contribution in [0.3, 0.4) is 0 Å². The van der Waals surface area contributed by atoms with Crippen molar-refractivity contribution in [1.82, 2.24) is 10.3 Å². The Morgan fingerprint density at radius 1 is 1.04 bits per heavy atom. The number of thioether (sulfide) groups is 1. The van der Waals surface area contributed by atoms with Gasteiger partial charge in [-0.25, -0.2) is 9.37 Å². The molecule has 0 unspecified atom stereocenters. The fraction of sp³-hybridized carbons (Fsp3) is 0.318. The van der Waals surface area contributed by atoms with E-state index < -0.39 is 0 Å². The maximum atomic E-state index is 13.3. The lowest BCUT2D eigenvalue weighted by molar-refractivity contribution is 0.531. The molecule has 4 rings (SSSR count). The Kier molecular flexibility index (Phi) is 5.96. The third-order valence-corrected chi connectivity index (χ3v) is 6.74. The van der Waals surface area contributed by atoms with Crippen LogP contribution in [0.4, 0.5) is 4.39 Å². The summed E-state index contributed by atoms with van der Waals surface area (Å²) in [5, 5.41) is 6.81. The minimum Gasteiger partial charge on any atom is -0.317 e. The van der Waals surface area contributed by atoms with Crippen LogP contribution in [-0.2, 0) is 12.8 Å². The first-order chi connectivity index (χ1) is 13.2. The number of fused-ring (bicyclic) bond motifs is 1. The normalized spacial score (nSPS) is 15.3. The zero-order valence-electron chi connectivity index (χ0n) is 15.1. The monoisotopic (exact) mass is 400 g/mol. The highest BCUT2D eigenvalue weighted by atomic mass is 35.5. The number of piperidine rings is 1. The molecule has 5 heteroatoms. The molecule has 0 saturated carbocycles. The fourth-order valence-corrected chi connectivity index (χ4v) is 5.00. The van der Waals surface area contributed by atoms with Crippen molar-refractivity contribution in [2.75, 3.05) is 13.1 Å². The van der Waals surface area contributed by atoms with Gasteiger partial charge in [-0.05, 0) is 74.2 Å². The molecule has 0 spiro atoms. The van der Waals surface area contributed by atoms with Crippen molar-refractivity contribution < 1.29 is 4.39 Å². The van der Waals surface area contributed by atoms with E-state index in [9.17, 15) is 4.39 Å². The topological polar surface area (TPSA) is 24.9 Å². The number of nitrogens with one attached hydrogen (secondary N) is 1. The summed E-state index contributed by atoms with van der Waals surface area (Å²) in [7, 11) is 0. The van der Waals surface area contributed by atoms with Gasteiger partial charge < -0.3 is 5.32 Å². The molecule has 2 aromatic carbocycles. The smallest absolute Gasteiger partial charge is 0.124 e. The van der Waals surface area contributed by atoms with E-state index in [4.69, 9.17) is 16.6 Å². The molecule has 2 nitrogen and oxygen atoms in total. The number of hydrogen-bond acceptors (Lipinski definition) is 3. The van der Waals surface area contributed by atoms with Crippen molar-refractivity contribution in [2.24, 2.45) is 0 Å². The van der Waals surface area contributed by atoms with Crippen LogP contribution in [0, 0.1) is 5.82 Å². The zero-order chi connectivity index (χ0) is 18.6. The van der Waals surface area contributed by atoms with E-state index in [2.05, 4.69) is 23.5 Å². The van der Waals surface area contributed by atoms with E-state index in [1.807, 2.05) is 23.9 Å². The summed E-state index contributed by atoms with van der Waals surface area (Å²) < 4.78 is 13.3. The Balaban J connectivity index is 1.61. The summed E-state index contributed by atoms with van der Waals surface area (Å²) >= 11 is 8.12. The van der Waals surface area contributed by atoms with Crippen molar-refractivity contribution in [3.05, 3.63) is 70.5 Å². The van der Waals surface area contributed by atoms with Gasteiger partial charge in [-0.2, -0.15) is 0 Å². The van der Waals surface area contributed by atoms with Crippen LogP contribution in [0.25, 0.3) is 10.9 Å². The molecule has 0 aliphatic carbocycles. The zero-order valence-corrected chi connectivity index (χ0v) is 16.6. The molecule has 2 heterocycles. The third-order valence-electron chi connectivity index (χ3n) is 5.01. The van der Waals surface area contributed by atoms with Gasteiger partial charge >= 0.3 is 0 Å². The van der Waals surface area contributed by atoms with Crippen LogP contribution in [0.2, 0.25) is 5.02 Å². The molecular formula is C22H22ClFN2S. The predicted octanol–water partition coefficient (Wildman–Crippen LogP) is 5.66. The highest BCUT2D eigenvalue weighted by Crippen LogP contribution is 2.33. The van der Waals surface area contributed by atoms with Crippen LogP contribution >= 0.6 is 23.4 Å². The van der Waals surface area contributed by atoms with Crippen molar-refractivity contribution in [3.8, 4) is 0 Å². The van der Waals surface area contributed by atoms with Crippen molar-refractivity contribution in [2.45, 2.75) is 36.0 Å². The predicted molar refractivity (Wildman–Crippen MR) is 112 cm³/mol. The number of rotatable bonds is 5. The number of benzene rings is 2. The van der Waals surface area contributed by atoms with Crippen LogP contribution in [0.5, 0.6) is 0 Å². The first kappa shape index (κ1) is 18.7. The van der Waals surface area contributed by atoms with Crippen LogP contribution in [-0.4, -0.2) is 23.3 Å². The number of hydrogen-bond donors (Lipinski definition) is 1. The van der Waals surface area contributed by atoms with Gasteiger partial charge in [-0.1, -0.05) is 35.9 Å². The van der Waals surface area contributed by atoms with Crippen molar-refractivity contribution in [3.63, 3.8) is 0 Å². The molecule has 1 aromatic heterocycles. The standard InChI is InChI=1S/C22H22ClFN2S/c23-20-14-18(24)8-7-15(20)5-6-17-13-16-3-1-2-4-21(16)26-22(17)27-19-9-11-25-12-10-19/h1-4,7-8,13-14,19,25H,5-6,9-12H2. The van der Waals surface area contributed by atoms with E-state index in [-0.39, 0.29) is 5.82 Å². The van der Waals surface area contributed by atoms with Crippen LogP contribution in [0.1, 0.15) is 24.0 Å². The number of nitrogens with zero attached hydrogens (tertiary/aromatic N) is 1. The summed E-state index contributed by atoms with van der Waals surface area (Å²) in [5.41, 5.74) is 3.26. The van der Waals surface area contributed by atoms with Gasteiger partial charge in [0.1, 0.15) is 10.8 Å². The molecular weight excluding hydrogens is 379 g/mol. The Morgan fingerprint density at radius 2 is 1.81 bits per heavy atom. The van der Waals surface area contributed by atoms with Crippen molar-refractivity contribution >= 4 is 34.3 Å². The van der Waals surface area contributed by atoms with Gasteiger partial charge in [0.25, 0.3) is 0 Å². The van der Waals surface area contributed by atoms with Crippen LogP contribution < -0.4 is 5.32 Å². The number of aryl methyl sites for hydroxylation is 2. The quantitative estimate of drug-likeness (QED) is 0.598. The first-order valence-corrected chi connectivity index (χ1v) is 10.6. The molecule has 27 heavy (non-hydrogen) atoms. The number of para-hydroxylation sites is 1. The summed E-state index contributed by atoms with van der Waals surface area (Å²) in [4.78, 5) is 4.97. The summed E-state index contributed by atoms with van der Waals surface area (Å²) in [6.45, 7) is 2.15. The van der Waals surface area contributed by atoms with Crippen molar-refractivity contribution in [1.29, 1.82) is 0 Å². The molecule has 1 saturated heterocycles. The molecule has 0 bridgehead atoms. The highest BCUT2D eigenvalue weighted by Gasteiger charge is 2.18. The van der Waals surface area contributed by atoms with Gasteiger partial charge in [0.15, 0.2) is 0 Å². The molecule has 0 atom stereocenters. The van der Waals surface area contributed by atoms with Gasteiger partial charge in [0.05, 0.1) is 5.52 Å². The van der Waals surface area contributed by atoms with Gasteiger partial charge in [-0.3, -0.25) is 0 Å². The molecule has 1 N–H and O–H groups in total. The molecule has 1 aliphatic heterocycles.